The van der Waals surface area contributed by atoms with Crippen LogP contribution in [-0.4, -0.2) is 25.0 Å². The van der Waals surface area contributed by atoms with Crippen molar-refractivity contribution < 1.29 is 26.7 Å². The molecule has 0 fully saturated rings. The number of hydrogen-bond acceptors (Lipinski definition) is 5. The molecule has 6 nitrogen and oxygen atoms in total. The number of hydrogen-bond donors (Lipinski definition) is 0. The number of nitrogens with zero attached hydrogens (tertiary/aromatic N) is 5. The average Bonchev–Trinajstić information content (AvgIpc) is 3.06. The second kappa shape index (κ2) is 6.65. The molecule has 0 saturated heterocycles. The van der Waals surface area contributed by atoms with Gasteiger partial charge in [-0.25, -0.2) is 23.4 Å². The lowest BCUT2D eigenvalue weighted by Gasteiger charge is -2.06. The van der Waals surface area contributed by atoms with Gasteiger partial charge in [0.15, 0.2) is 5.82 Å². The fourth-order valence-electron chi connectivity index (χ4n) is 1.98. The molecule has 0 aliphatic heterocycles. The number of rotatable bonds is 4. The summed E-state index contributed by atoms with van der Waals surface area (Å²) in [5.41, 5.74) is -0.921. The van der Waals surface area contributed by atoms with E-state index in [2.05, 4.69) is 20.3 Å². The second-order valence-corrected chi connectivity index (χ2v) is 5.20. The third-order valence-corrected chi connectivity index (χ3v) is 3.39. The van der Waals surface area contributed by atoms with Crippen LogP contribution in [0.4, 0.5) is 22.0 Å². The highest BCUT2D eigenvalue weighted by Gasteiger charge is 2.31. The monoisotopic (exact) mass is 371 g/mol. The van der Waals surface area contributed by atoms with Gasteiger partial charge in [0, 0.05) is 18.0 Å². The largest absolute Gasteiger partial charge is 0.457 e. The summed E-state index contributed by atoms with van der Waals surface area (Å²) in [5, 5.41) is 7.46. The van der Waals surface area contributed by atoms with Gasteiger partial charge in [0.2, 0.25) is 0 Å². The molecule has 11 heteroatoms. The van der Waals surface area contributed by atoms with Crippen LogP contribution in [0, 0.1) is 18.6 Å². The molecule has 0 atom stereocenters. The maximum Gasteiger partial charge on any atom is 0.419 e. The van der Waals surface area contributed by atoms with Crippen molar-refractivity contribution in [2.45, 2.75) is 19.7 Å². The van der Waals surface area contributed by atoms with Gasteiger partial charge in [-0.3, -0.25) is 0 Å². The molecule has 3 aromatic rings. The summed E-state index contributed by atoms with van der Waals surface area (Å²) >= 11 is 0. The van der Waals surface area contributed by atoms with Crippen LogP contribution in [-0.2, 0) is 12.8 Å². The van der Waals surface area contributed by atoms with E-state index in [4.69, 9.17) is 4.74 Å². The number of benzene rings is 1. The Morgan fingerprint density at radius 1 is 1.12 bits per heavy atom. The predicted octanol–water partition coefficient (Wildman–Crippen LogP) is 3.24. The molecule has 3 rings (SSSR count). The summed E-state index contributed by atoms with van der Waals surface area (Å²) in [4.78, 5) is 6.90. The zero-order chi connectivity index (χ0) is 18.9. The lowest BCUT2D eigenvalue weighted by atomic mass is 10.2. The molecule has 26 heavy (non-hydrogen) atoms. The Balaban J connectivity index is 1.71. The molecule has 0 unspecified atom stereocenters. The molecule has 0 aliphatic rings. The first-order valence-corrected chi connectivity index (χ1v) is 7.14. The molecule has 0 N–H and O–H groups in total. The average molecular weight is 371 g/mol. The van der Waals surface area contributed by atoms with Gasteiger partial charge in [0.1, 0.15) is 23.8 Å². The molecule has 2 aromatic heterocycles. The molecule has 0 amide bonds. The fraction of sp³-hybridized carbons (Fsp3) is 0.200. The summed E-state index contributed by atoms with van der Waals surface area (Å²) in [7, 11) is 0. The van der Waals surface area contributed by atoms with E-state index in [-0.39, 0.29) is 29.6 Å². The number of alkyl halides is 3. The molecule has 0 aliphatic carbocycles. The van der Waals surface area contributed by atoms with Crippen LogP contribution in [0.1, 0.15) is 16.8 Å². The van der Waals surface area contributed by atoms with Gasteiger partial charge in [-0.2, -0.15) is 13.2 Å². The van der Waals surface area contributed by atoms with Gasteiger partial charge in [-0.1, -0.05) is 5.21 Å². The Hall–Kier alpha value is -3.11. The van der Waals surface area contributed by atoms with Crippen molar-refractivity contribution in [2.24, 2.45) is 0 Å². The molecule has 0 saturated carbocycles. The Morgan fingerprint density at radius 3 is 2.46 bits per heavy atom. The van der Waals surface area contributed by atoms with Crippen LogP contribution in [0.2, 0.25) is 0 Å². The molecule has 1 aromatic carbocycles. The Kier molecular flexibility index (Phi) is 4.53. The van der Waals surface area contributed by atoms with Crippen molar-refractivity contribution in [1.82, 2.24) is 25.0 Å². The zero-order valence-corrected chi connectivity index (χ0v) is 13.1. The number of halogens is 5. The minimum absolute atomic E-state index is 0.00608. The summed E-state index contributed by atoms with van der Waals surface area (Å²) in [6.45, 7) is 1.09. The van der Waals surface area contributed by atoms with Crippen molar-refractivity contribution in [2.75, 3.05) is 0 Å². The highest BCUT2D eigenvalue weighted by molar-refractivity contribution is 5.37. The number of aromatic nitrogens is 5. The van der Waals surface area contributed by atoms with Gasteiger partial charge in [0.05, 0.1) is 11.8 Å². The quantitative estimate of drug-likeness (QED) is 0.659. The molecule has 0 spiro atoms. The van der Waals surface area contributed by atoms with Crippen molar-refractivity contribution >= 4 is 0 Å². The zero-order valence-electron chi connectivity index (χ0n) is 13.1. The molecule has 136 valence electrons. The van der Waals surface area contributed by atoms with Crippen LogP contribution in [0.25, 0.3) is 5.69 Å². The van der Waals surface area contributed by atoms with Crippen molar-refractivity contribution in [3.8, 4) is 11.7 Å². The van der Waals surface area contributed by atoms with Crippen molar-refractivity contribution in [1.29, 1.82) is 0 Å². The van der Waals surface area contributed by atoms with E-state index < -0.39 is 23.4 Å². The van der Waals surface area contributed by atoms with Gasteiger partial charge in [-0.05, 0) is 19.1 Å². The summed E-state index contributed by atoms with van der Waals surface area (Å²) in [6.07, 6.45) is -2.02. The van der Waals surface area contributed by atoms with E-state index in [9.17, 15) is 22.0 Å². The van der Waals surface area contributed by atoms with E-state index in [1.165, 1.54) is 19.2 Å². The SMILES string of the molecule is Cc1c(F)ccc(-n2cc(COc3ncc(C(F)(F)F)cn3)nn2)c1F. The lowest BCUT2D eigenvalue weighted by molar-refractivity contribution is -0.138. The maximum atomic E-state index is 14.1. The highest BCUT2D eigenvalue weighted by Crippen LogP contribution is 2.28. The van der Waals surface area contributed by atoms with Gasteiger partial charge in [0.25, 0.3) is 0 Å². The third kappa shape index (κ3) is 3.60. The van der Waals surface area contributed by atoms with Crippen molar-refractivity contribution in [3.63, 3.8) is 0 Å². The smallest absolute Gasteiger partial charge is 0.419 e. The Morgan fingerprint density at radius 2 is 1.81 bits per heavy atom. The normalized spacial score (nSPS) is 11.6. The Bertz CT molecular complexity index is 923. The molecule has 0 bridgehead atoms. The van der Waals surface area contributed by atoms with Crippen LogP contribution < -0.4 is 4.74 Å². The number of ether oxygens (including phenoxy) is 1. The predicted molar refractivity (Wildman–Crippen MR) is 77.4 cm³/mol. The summed E-state index contributed by atoms with van der Waals surface area (Å²) in [6, 6.07) is 2.02. The molecule has 2 heterocycles. The first-order valence-electron chi connectivity index (χ1n) is 7.14. The minimum Gasteiger partial charge on any atom is -0.457 e. The van der Waals surface area contributed by atoms with E-state index >= 15 is 0 Å². The minimum atomic E-state index is -4.54. The second-order valence-electron chi connectivity index (χ2n) is 5.20. The van der Waals surface area contributed by atoms with E-state index in [0.29, 0.717) is 12.4 Å². The third-order valence-electron chi connectivity index (χ3n) is 3.39. The standard InChI is InChI=1S/C15H10F5N5O/c1-8-11(16)2-3-12(13(8)17)25-6-10(23-24-25)7-26-14-21-4-9(5-22-14)15(18,19)20/h2-6H,7H2,1H3. The van der Waals surface area contributed by atoms with Gasteiger partial charge in [-0.15, -0.1) is 5.10 Å². The summed E-state index contributed by atoms with van der Waals surface area (Å²) < 4.78 is 70.9. The molecular weight excluding hydrogens is 361 g/mol. The molecular formula is C15H10F5N5O. The van der Waals surface area contributed by atoms with Crippen LogP contribution in [0.3, 0.4) is 0 Å². The van der Waals surface area contributed by atoms with Gasteiger partial charge < -0.3 is 4.74 Å². The highest BCUT2D eigenvalue weighted by atomic mass is 19.4. The van der Waals surface area contributed by atoms with Crippen LogP contribution >= 0.6 is 0 Å². The first kappa shape index (κ1) is 17.7. The maximum absolute atomic E-state index is 14.1. The van der Waals surface area contributed by atoms with Crippen molar-refractivity contribution in [3.05, 3.63) is 59.2 Å². The van der Waals surface area contributed by atoms with E-state index in [1.54, 1.807) is 0 Å². The lowest BCUT2D eigenvalue weighted by Crippen LogP contribution is -2.07. The van der Waals surface area contributed by atoms with Gasteiger partial charge >= 0.3 is 12.2 Å². The van der Waals surface area contributed by atoms with E-state index in [0.717, 1.165) is 10.7 Å². The molecule has 0 radical (unpaired) electrons. The fourth-order valence-corrected chi connectivity index (χ4v) is 1.98. The summed E-state index contributed by atoms with van der Waals surface area (Å²) in [5.74, 6) is -1.47. The Labute approximate surface area is 143 Å². The van der Waals surface area contributed by atoms with Crippen LogP contribution in [0.15, 0.2) is 30.7 Å². The van der Waals surface area contributed by atoms with E-state index in [1.807, 2.05) is 0 Å². The van der Waals surface area contributed by atoms with Crippen LogP contribution in [0.5, 0.6) is 6.01 Å². The first-order chi connectivity index (χ1) is 12.3. The topological polar surface area (TPSA) is 65.7 Å².